The fourth-order valence-electron chi connectivity index (χ4n) is 4.89. The summed E-state index contributed by atoms with van der Waals surface area (Å²) in [4.78, 5) is 20.6. The van der Waals surface area contributed by atoms with Gasteiger partial charge in [0.2, 0.25) is 0 Å². The molecule has 8 heteroatoms. The van der Waals surface area contributed by atoms with Gasteiger partial charge in [-0.3, -0.25) is 9.80 Å². The molecule has 5 rings (SSSR count). The lowest BCUT2D eigenvalue weighted by Gasteiger charge is -2.45. The summed E-state index contributed by atoms with van der Waals surface area (Å²) < 4.78 is 10.9. The van der Waals surface area contributed by atoms with Crippen LogP contribution in [0.1, 0.15) is 28.4 Å². The number of aliphatic hydroxyl groups is 1. The lowest BCUT2D eigenvalue weighted by molar-refractivity contribution is 0.0600. The molecule has 2 atom stereocenters. The van der Waals surface area contributed by atoms with Crippen molar-refractivity contribution in [2.24, 2.45) is 0 Å². The molecule has 2 unspecified atom stereocenters. The van der Waals surface area contributed by atoms with E-state index in [1.807, 2.05) is 30.0 Å². The molecule has 1 N–H and O–H groups in total. The van der Waals surface area contributed by atoms with Crippen molar-refractivity contribution in [3.8, 4) is 5.75 Å². The summed E-state index contributed by atoms with van der Waals surface area (Å²) in [5, 5.41) is 9.29. The van der Waals surface area contributed by atoms with E-state index < -0.39 is 0 Å². The third-order valence-electron chi connectivity index (χ3n) is 6.53. The lowest BCUT2D eigenvalue weighted by atomic mass is 9.98. The summed E-state index contributed by atoms with van der Waals surface area (Å²) in [5.41, 5.74) is 3.10. The first-order valence-corrected chi connectivity index (χ1v) is 12.0. The van der Waals surface area contributed by atoms with Crippen LogP contribution in [0.5, 0.6) is 5.75 Å². The number of rotatable bonds is 5. The molecule has 1 fully saturated rings. The normalized spacial score (nSPS) is 23.4. The van der Waals surface area contributed by atoms with Crippen molar-refractivity contribution < 1.29 is 19.4 Å². The van der Waals surface area contributed by atoms with Gasteiger partial charge in [0.1, 0.15) is 11.2 Å². The van der Waals surface area contributed by atoms with Crippen LogP contribution in [0.25, 0.3) is 0 Å². The van der Waals surface area contributed by atoms with Crippen molar-refractivity contribution in [2.75, 3.05) is 57.9 Å². The number of nitrogens with zero attached hydrogens (tertiary/aromatic N) is 3. The second-order valence-corrected chi connectivity index (χ2v) is 9.41. The van der Waals surface area contributed by atoms with Crippen LogP contribution < -0.4 is 9.64 Å². The number of fused-ring (bicyclic) bond motifs is 2. The number of methoxy groups -OCH3 is 1. The fourth-order valence-corrected chi connectivity index (χ4v) is 6.34. The van der Waals surface area contributed by atoms with Crippen LogP contribution in [-0.2, 0) is 4.74 Å². The Hall–Kier alpha value is -2.26. The number of thioether (sulfide) groups is 1. The average Bonchev–Trinajstić information content (AvgIpc) is 3.22. The highest BCUT2D eigenvalue weighted by Gasteiger charge is 2.41. The molecule has 3 aliphatic rings. The molecular weight excluding hydrogens is 426 g/mol. The number of aliphatic hydroxyl groups excluding tert-OH is 1. The first-order valence-electron chi connectivity index (χ1n) is 11.2. The largest absolute Gasteiger partial charge is 0.493 e. The van der Waals surface area contributed by atoms with E-state index in [9.17, 15) is 9.90 Å². The summed E-state index contributed by atoms with van der Waals surface area (Å²) in [7, 11) is 1.42. The molecule has 7 nitrogen and oxygen atoms in total. The van der Waals surface area contributed by atoms with E-state index in [-0.39, 0.29) is 24.1 Å². The SMILES string of the molecule is COC(=O)c1ccc2c(c1)SC(N1CCN(CCO)CC1)N2C1CCOc2ccccc21. The molecule has 1 saturated heterocycles. The van der Waals surface area contributed by atoms with Crippen LogP contribution in [0.15, 0.2) is 47.4 Å². The van der Waals surface area contributed by atoms with Gasteiger partial charge in [0.25, 0.3) is 0 Å². The third-order valence-corrected chi connectivity index (χ3v) is 7.84. The van der Waals surface area contributed by atoms with Crippen molar-refractivity contribution in [1.29, 1.82) is 0 Å². The van der Waals surface area contributed by atoms with Gasteiger partial charge in [-0.05, 0) is 24.3 Å². The second kappa shape index (κ2) is 9.31. The topological polar surface area (TPSA) is 65.5 Å². The summed E-state index contributed by atoms with van der Waals surface area (Å²) in [5.74, 6) is 0.650. The van der Waals surface area contributed by atoms with E-state index >= 15 is 0 Å². The van der Waals surface area contributed by atoms with E-state index in [1.54, 1.807) is 0 Å². The number of benzene rings is 2. The van der Waals surface area contributed by atoms with E-state index in [4.69, 9.17) is 9.47 Å². The van der Waals surface area contributed by atoms with E-state index in [0.29, 0.717) is 12.2 Å². The average molecular weight is 456 g/mol. The number of hydrogen-bond acceptors (Lipinski definition) is 8. The zero-order valence-corrected chi connectivity index (χ0v) is 19.1. The van der Waals surface area contributed by atoms with E-state index in [2.05, 4.69) is 39.0 Å². The van der Waals surface area contributed by atoms with Gasteiger partial charge in [-0.25, -0.2) is 4.79 Å². The van der Waals surface area contributed by atoms with Crippen LogP contribution in [0, 0.1) is 0 Å². The number of para-hydroxylation sites is 1. The molecule has 2 aromatic rings. The lowest BCUT2D eigenvalue weighted by Crippen LogP contribution is -2.55. The number of hydrogen-bond donors (Lipinski definition) is 1. The Labute approximate surface area is 192 Å². The maximum atomic E-state index is 12.1. The smallest absolute Gasteiger partial charge is 0.337 e. The summed E-state index contributed by atoms with van der Waals surface area (Å²) in [6.45, 7) is 5.39. The fraction of sp³-hybridized carbons (Fsp3) is 0.458. The monoisotopic (exact) mass is 455 g/mol. The molecule has 0 bridgehead atoms. The molecule has 0 spiro atoms. The minimum Gasteiger partial charge on any atom is -0.493 e. The van der Waals surface area contributed by atoms with Crippen LogP contribution in [0.4, 0.5) is 5.69 Å². The van der Waals surface area contributed by atoms with Crippen molar-refractivity contribution >= 4 is 23.4 Å². The molecule has 3 aliphatic heterocycles. The quantitative estimate of drug-likeness (QED) is 0.691. The van der Waals surface area contributed by atoms with Gasteiger partial charge in [-0.2, -0.15) is 0 Å². The van der Waals surface area contributed by atoms with Gasteiger partial charge in [0.05, 0.1) is 37.6 Å². The molecule has 0 aromatic heterocycles. The van der Waals surface area contributed by atoms with E-state index in [0.717, 1.165) is 55.5 Å². The number of β-amino-alcohol motifs (C(OH)–C–C–N with tert-alkyl or cyclic N) is 1. The molecule has 0 amide bonds. The van der Waals surface area contributed by atoms with Gasteiger partial charge in [-0.1, -0.05) is 30.0 Å². The standard InChI is InChI=1S/C24H29N3O4S/c1-30-23(29)17-6-7-20-22(16-17)32-24(26-11-9-25(10-12-26)13-14-28)27(20)19-8-15-31-21-5-3-2-4-18(19)21/h2-7,16,19,24,28H,8-15H2,1H3. The first kappa shape index (κ1) is 21.6. The van der Waals surface area contributed by atoms with Crippen molar-refractivity contribution in [1.82, 2.24) is 9.80 Å². The van der Waals surface area contributed by atoms with Gasteiger partial charge < -0.3 is 19.5 Å². The highest BCUT2D eigenvalue weighted by atomic mass is 32.2. The molecule has 170 valence electrons. The Morgan fingerprint density at radius 2 is 2.00 bits per heavy atom. The maximum Gasteiger partial charge on any atom is 0.337 e. The molecule has 3 heterocycles. The first-order chi connectivity index (χ1) is 15.7. The summed E-state index contributed by atoms with van der Waals surface area (Å²) in [6.07, 6.45) is 0.913. The van der Waals surface area contributed by atoms with Gasteiger partial charge >= 0.3 is 5.97 Å². The molecular formula is C24H29N3O4S. The Kier molecular flexibility index (Phi) is 6.28. The van der Waals surface area contributed by atoms with Gasteiger partial charge in [-0.15, -0.1) is 0 Å². The Bertz CT molecular complexity index is 979. The molecule has 0 saturated carbocycles. The minimum absolute atomic E-state index is 0.144. The molecule has 0 aliphatic carbocycles. The summed E-state index contributed by atoms with van der Waals surface area (Å²) in [6, 6.07) is 14.4. The Morgan fingerprint density at radius 3 is 2.78 bits per heavy atom. The predicted molar refractivity (Wildman–Crippen MR) is 124 cm³/mol. The number of carbonyl (C=O) groups is 1. The number of carbonyl (C=O) groups excluding carboxylic acids is 1. The molecule has 32 heavy (non-hydrogen) atoms. The second-order valence-electron chi connectivity index (χ2n) is 8.32. The third kappa shape index (κ3) is 3.96. The van der Waals surface area contributed by atoms with Crippen LogP contribution in [-0.4, -0.2) is 79.4 Å². The number of anilines is 1. The van der Waals surface area contributed by atoms with Crippen LogP contribution >= 0.6 is 11.8 Å². The number of piperazine rings is 1. The minimum atomic E-state index is -0.308. The zero-order valence-electron chi connectivity index (χ0n) is 18.3. The zero-order chi connectivity index (χ0) is 22.1. The van der Waals surface area contributed by atoms with E-state index in [1.165, 1.54) is 12.7 Å². The highest BCUT2D eigenvalue weighted by Crippen LogP contribution is 2.51. The van der Waals surface area contributed by atoms with Crippen molar-refractivity contribution in [2.45, 2.75) is 22.9 Å². The highest BCUT2D eigenvalue weighted by molar-refractivity contribution is 8.00. The predicted octanol–water partition coefficient (Wildman–Crippen LogP) is 2.80. The van der Waals surface area contributed by atoms with Crippen molar-refractivity contribution in [3.63, 3.8) is 0 Å². The Balaban J connectivity index is 1.49. The summed E-state index contributed by atoms with van der Waals surface area (Å²) >= 11 is 1.81. The maximum absolute atomic E-state index is 12.1. The van der Waals surface area contributed by atoms with Gasteiger partial charge in [0, 0.05) is 49.6 Å². The van der Waals surface area contributed by atoms with Gasteiger partial charge in [0.15, 0.2) is 0 Å². The van der Waals surface area contributed by atoms with Crippen LogP contribution in [0.3, 0.4) is 0 Å². The van der Waals surface area contributed by atoms with Crippen molar-refractivity contribution in [3.05, 3.63) is 53.6 Å². The molecule has 2 aromatic carbocycles. The number of esters is 1. The molecule has 0 radical (unpaired) electrons. The van der Waals surface area contributed by atoms with Crippen LogP contribution in [0.2, 0.25) is 0 Å². The Morgan fingerprint density at radius 1 is 1.19 bits per heavy atom. The number of ether oxygens (including phenoxy) is 2.